The Morgan fingerprint density at radius 2 is 1.90 bits per heavy atom. The number of carbonyl (C=O) groups excluding carboxylic acids is 1. The molecular weight excluding hydrogens is 395 g/mol. The molecular formula is C20H19FN4O3S. The van der Waals surface area contributed by atoms with Crippen LogP contribution in [-0.4, -0.2) is 39.6 Å². The van der Waals surface area contributed by atoms with E-state index >= 15 is 0 Å². The Hall–Kier alpha value is -3.07. The molecule has 0 saturated carbocycles. The summed E-state index contributed by atoms with van der Waals surface area (Å²) in [6.45, 7) is 1.25. The van der Waals surface area contributed by atoms with Crippen molar-refractivity contribution in [3.05, 3.63) is 48.3 Å². The number of hydrogen-bond donors (Lipinski definition) is 1. The molecule has 29 heavy (non-hydrogen) atoms. The monoisotopic (exact) mass is 414 g/mol. The fourth-order valence-corrected chi connectivity index (χ4v) is 3.57. The molecule has 0 saturated heterocycles. The predicted molar refractivity (Wildman–Crippen MR) is 108 cm³/mol. The Morgan fingerprint density at radius 3 is 2.69 bits per heavy atom. The Bertz CT molecular complexity index is 1020. The summed E-state index contributed by atoms with van der Waals surface area (Å²) in [4.78, 5) is 12.1. The highest BCUT2D eigenvalue weighted by Gasteiger charge is 2.16. The first-order valence-electron chi connectivity index (χ1n) is 9.08. The molecule has 0 radical (unpaired) electrons. The van der Waals surface area contributed by atoms with Gasteiger partial charge in [-0.3, -0.25) is 4.79 Å². The largest absolute Gasteiger partial charge is 0.490 e. The first-order valence-corrected chi connectivity index (χ1v) is 10.1. The van der Waals surface area contributed by atoms with Gasteiger partial charge in [0, 0.05) is 24.7 Å². The second-order valence-corrected chi connectivity index (χ2v) is 7.36. The second-order valence-electron chi connectivity index (χ2n) is 6.42. The maximum atomic E-state index is 12.9. The summed E-state index contributed by atoms with van der Waals surface area (Å²) in [6, 6.07) is 11.3. The number of thioether (sulfide) groups is 1. The van der Waals surface area contributed by atoms with E-state index in [2.05, 4.69) is 15.5 Å². The van der Waals surface area contributed by atoms with Crippen LogP contribution in [0.25, 0.3) is 11.4 Å². The summed E-state index contributed by atoms with van der Waals surface area (Å²) in [5.41, 5.74) is 1.40. The number of hydrogen-bond acceptors (Lipinski definition) is 6. The van der Waals surface area contributed by atoms with Gasteiger partial charge in [-0.05, 0) is 42.5 Å². The number of anilines is 1. The molecule has 1 N–H and O–H groups in total. The van der Waals surface area contributed by atoms with Gasteiger partial charge in [0.25, 0.3) is 0 Å². The number of ether oxygens (including phenoxy) is 2. The van der Waals surface area contributed by atoms with Gasteiger partial charge in [-0.2, -0.15) is 0 Å². The Labute approximate surface area is 171 Å². The summed E-state index contributed by atoms with van der Waals surface area (Å²) >= 11 is 1.27. The summed E-state index contributed by atoms with van der Waals surface area (Å²) < 4.78 is 26.2. The quantitative estimate of drug-likeness (QED) is 0.644. The molecule has 3 aromatic rings. The van der Waals surface area contributed by atoms with Crippen LogP contribution in [0.2, 0.25) is 0 Å². The molecule has 2 heterocycles. The van der Waals surface area contributed by atoms with Crippen molar-refractivity contribution in [2.45, 2.75) is 11.6 Å². The van der Waals surface area contributed by atoms with Crippen LogP contribution >= 0.6 is 11.8 Å². The molecule has 1 aliphatic rings. The lowest BCUT2D eigenvalue weighted by atomic mass is 10.2. The van der Waals surface area contributed by atoms with Crippen molar-refractivity contribution in [2.75, 3.05) is 24.3 Å². The Kier molecular flexibility index (Phi) is 5.66. The summed E-state index contributed by atoms with van der Waals surface area (Å²) in [7, 11) is 1.85. The van der Waals surface area contributed by atoms with Crippen LogP contribution in [0.15, 0.2) is 47.6 Å². The zero-order valence-electron chi connectivity index (χ0n) is 15.7. The third-order valence-corrected chi connectivity index (χ3v) is 5.32. The lowest BCUT2D eigenvalue weighted by Gasteiger charge is -2.09. The number of nitrogens with one attached hydrogen (secondary N) is 1. The zero-order chi connectivity index (χ0) is 20.2. The minimum Gasteiger partial charge on any atom is -0.490 e. The lowest BCUT2D eigenvalue weighted by molar-refractivity contribution is -0.113. The molecule has 2 aromatic carbocycles. The molecule has 0 bridgehead atoms. The number of aromatic nitrogens is 3. The van der Waals surface area contributed by atoms with E-state index < -0.39 is 0 Å². The highest BCUT2D eigenvalue weighted by Crippen LogP contribution is 2.34. The highest BCUT2D eigenvalue weighted by atomic mass is 32.2. The smallest absolute Gasteiger partial charge is 0.234 e. The van der Waals surface area contributed by atoms with Crippen LogP contribution in [0.1, 0.15) is 6.42 Å². The third kappa shape index (κ3) is 4.51. The second kappa shape index (κ2) is 8.52. The number of fused-ring (bicyclic) bond motifs is 1. The molecule has 1 amide bonds. The van der Waals surface area contributed by atoms with Crippen LogP contribution in [0.3, 0.4) is 0 Å². The lowest BCUT2D eigenvalue weighted by Crippen LogP contribution is -2.14. The van der Waals surface area contributed by atoms with E-state index in [9.17, 15) is 9.18 Å². The van der Waals surface area contributed by atoms with E-state index in [0.717, 1.165) is 17.7 Å². The van der Waals surface area contributed by atoms with Crippen molar-refractivity contribution in [1.82, 2.24) is 14.8 Å². The maximum absolute atomic E-state index is 12.9. The minimum atomic E-state index is -0.348. The molecule has 150 valence electrons. The Balaban J connectivity index is 1.42. The van der Waals surface area contributed by atoms with E-state index in [1.165, 1.54) is 36.0 Å². The average molecular weight is 414 g/mol. The summed E-state index contributed by atoms with van der Waals surface area (Å²) in [5, 5.41) is 11.8. The highest BCUT2D eigenvalue weighted by molar-refractivity contribution is 7.99. The number of rotatable bonds is 5. The van der Waals surface area contributed by atoms with Gasteiger partial charge in [0.2, 0.25) is 5.91 Å². The molecule has 0 fully saturated rings. The average Bonchev–Trinajstić information content (AvgIpc) is 2.93. The first kappa shape index (κ1) is 19.3. The van der Waals surface area contributed by atoms with E-state index in [1.807, 2.05) is 29.8 Å². The van der Waals surface area contributed by atoms with Gasteiger partial charge in [0.05, 0.1) is 19.0 Å². The number of carbonyl (C=O) groups is 1. The molecule has 0 spiro atoms. The molecule has 1 aromatic heterocycles. The normalized spacial score (nSPS) is 13.0. The summed E-state index contributed by atoms with van der Waals surface area (Å²) in [6.07, 6.45) is 0.842. The van der Waals surface area contributed by atoms with Gasteiger partial charge >= 0.3 is 0 Å². The van der Waals surface area contributed by atoms with Crippen molar-refractivity contribution >= 4 is 23.4 Å². The van der Waals surface area contributed by atoms with Crippen molar-refractivity contribution in [2.24, 2.45) is 7.05 Å². The zero-order valence-corrected chi connectivity index (χ0v) is 16.5. The van der Waals surface area contributed by atoms with Crippen LogP contribution in [0, 0.1) is 5.82 Å². The molecule has 0 atom stereocenters. The van der Waals surface area contributed by atoms with E-state index in [0.29, 0.717) is 35.6 Å². The molecule has 4 rings (SSSR count). The molecule has 9 heteroatoms. The number of nitrogens with zero attached hydrogens (tertiary/aromatic N) is 3. The van der Waals surface area contributed by atoms with Gasteiger partial charge < -0.3 is 19.4 Å². The fraction of sp³-hybridized carbons (Fsp3) is 0.250. The maximum Gasteiger partial charge on any atom is 0.234 e. The predicted octanol–water partition coefficient (Wildman–Crippen LogP) is 3.51. The van der Waals surface area contributed by atoms with Crippen LogP contribution < -0.4 is 14.8 Å². The van der Waals surface area contributed by atoms with Crippen molar-refractivity contribution < 1.29 is 18.7 Å². The third-order valence-electron chi connectivity index (χ3n) is 4.30. The van der Waals surface area contributed by atoms with Gasteiger partial charge in [0.1, 0.15) is 5.82 Å². The number of benzene rings is 2. The van der Waals surface area contributed by atoms with Gasteiger partial charge in [0.15, 0.2) is 22.5 Å². The number of halogens is 1. The number of amides is 1. The fourth-order valence-electron chi connectivity index (χ4n) is 2.85. The van der Waals surface area contributed by atoms with Crippen LogP contribution in [0.4, 0.5) is 10.1 Å². The first-order chi connectivity index (χ1) is 14.1. The molecule has 0 aliphatic carbocycles. The van der Waals surface area contributed by atoms with E-state index in [4.69, 9.17) is 9.47 Å². The van der Waals surface area contributed by atoms with Crippen molar-refractivity contribution in [3.8, 4) is 22.9 Å². The molecule has 7 nitrogen and oxygen atoms in total. The Morgan fingerprint density at radius 1 is 1.14 bits per heavy atom. The van der Waals surface area contributed by atoms with Crippen LogP contribution in [0.5, 0.6) is 11.5 Å². The van der Waals surface area contributed by atoms with Crippen LogP contribution in [-0.2, 0) is 11.8 Å². The van der Waals surface area contributed by atoms with Crippen molar-refractivity contribution in [3.63, 3.8) is 0 Å². The standard InChI is InChI=1S/C20H19FN4O3S/c1-25-19(13-3-8-16-17(11-13)28-10-2-9-27-16)23-24-20(25)29-12-18(26)22-15-6-4-14(21)5-7-15/h3-8,11H,2,9-10,12H2,1H3,(H,22,26). The summed E-state index contributed by atoms with van der Waals surface area (Å²) in [5.74, 6) is 1.68. The molecule has 0 unspecified atom stereocenters. The van der Waals surface area contributed by atoms with E-state index in [-0.39, 0.29) is 17.5 Å². The van der Waals surface area contributed by atoms with Crippen molar-refractivity contribution in [1.29, 1.82) is 0 Å². The van der Waals surface area contributed by atoms with Gasteiger partial charge in [-0.1, -0.05) is 11.8 Å². The SMILES string of the molecule is Cn1c(SCC(=O)Nc2ccc(F)cc2)nnc1-c1ccc2c(c1)OCCCO2. The minimum absolute atomic E-state index is 0.157. The van der Waals surface area contributed by atoms with Gasteiger partial charge in [-0.25, -0.2) is 4.39 Å². The topological polar surface area (TPSA) is 78.3 Å². The van der Waals surface area contributed by atoms with Gasteiger partial charge in [-0.15, -0.1) is 10.2 Å². The molecule has 1 aliphatic heterocycles. The van der Waals surface area contributed by atoms with E-state index in [1.54, 1.807) is 0 Å².